The minimum Gasteiger partial charge on any atom is -0.491 e. The number of hydrogen-bond donors (Lipinski definition) is 0. The summed E-state index contributed by atoms with van der Waals surface area (Å²) < 4.78 is 21.2. The first kappa shape index (κ1) is 21.3. The van der Waals surface area contributed by atoms with Gasteiger partial charge in [-0.3, -0.25) is 0 Å². The molecule has 0 amide bonds. The Kier molecular flexibility index (Phi) is 9.16. The molecule has 2 aromatic carbocycles. The topological polar surface area (TPSA) is 43.5 Å². The van der Waals surface area contributed by atoms with Crippen LogP contribution in [0.5, 0.6) is 11.5 Å². The summed E-state index contributed by atoms with van der Waals surface area (Å²) in [6, 6.07) is 16.0. The summed E-state index contributed by atoms with van der Waals surface area (Å²) in [5.41, 5.74) is 2.36. The van der Waals surface area contributed by atoms with Crippen molar-refractivity contribution in [3.63, 3.8) is 0 Å². The van der Waals surface area contributed by atoms with Crippen molar-refractivity contribution < 1.29 is 18.9 Å². The Labute approximate surface area is 163 Å². The van der Waals surface area contributed by atoms with Crippen LogP contribution >= 0.6 is 0 Å². The highest BCUT2D eigenvalue weighted by atomic mass is 16.6. The number of ether oxygens (including phenoxy) is 4. The van der Waals surface area contributed by atoms with Crippen LogP contribution < -0.4 is 9.47 Å². The van der Waals surface area contributed by atoms with Crippen molar-refractivity contribution in [2.24, 2.45) is 0 Å². The maximum Gasteiger partial charge on any atom is 0.122 e. The molecule has 4 heteroatoms. The van der Waals surface area contributed by atoms with E-state index < -0.39 is 0 Å². The van der Waals surface area contributed by atoms with Crippen LogP contribution in [-0.4, -0.2) is 38.6 Å². The summed E-state index contributed by atoms with van der Waals surface area (Å²) in [5.74, 6) is 1.93. The van der Waals surface area contributed by atoms with E-state index in [0.29, 0.717) is 25.4 Å². The molecule has 0 saturated carbocycles. The Balaban J connectivity index is 0.000000170. The first-order chi connectivity index (χ1) is 13.1. The van der Waals surface area contributed by atoms with E-state index >= 15 is 0 Å². The van der Waals surface area contributed by atoms with E-state index in [1.165, 1.54) is 17.5 Å². The molecule has 2 heterocycles. The zero-order valence-electron chi connectivity index (χ0n) is 16.9. The lowest BCUT2D eigenvalue weighted by Gasteiger charge is -2.06. The van der Waals surface area contributed by atoms with Crippen molar-refractivity contribution in [3.05, 3.63) is 59.7 Å². The molecule has 0 N–H and O–H groups in total. The fraction of sp³-hybridized carbons (Fsp3) is 0.478. The lowest BCUT2D eigenvalue weighted by Crippen LogP contribution is -2.04. The fourth-order valence-electron chi connectivity index (χ4n) is 2.13. The van der Waals surface area contributed by atoms with Gasteiger partial charge < -0.3 is 18.9 Å². The van der Waals surface area contributed by atoms with Crippen molar-refractivity contribution in [3.8, 4) is 11.5 Å². The standard InChI is InChI=1S/2C10H12O2.C3H8/c2*1-8-4-2-3-5-10(8)12-7-9-6-11-9;1-3-2/h2*2-5,9H,6-7H2,1H3;3H2,1-2H3. The van der Waals surface area contributed by atoms with Crippen LogP contribution in [-0.2, 0) is 9.47 Å². The predicted molar refractivity (Wildman–Crippen MR) is 109 cm³/mol. The normalized spacial score (nSPS) is 19.0. The van der Waals surface area contributed by atoms with Crippen molar-refractivity contribution in [1.82, 2.24) is 0 Å². The molecule has 2 unspecified atom stereocenters. The molecule has 0 aromatic heterocycles. The molecule has 0 radical (unpaired) electrons. The Morgan fingerprint density at radius 2 is 1.07 bits per heavy atom. The Morgan fingerprint density at radius 3 is 1.37 bits per heavy atom. The Hall–Kier alpha value is -2.04. The highest BCUT2D eigenvalue weighted by molar-refractivity contribution is 5.32. The molecule has 2 saturated heterocycles. The molecule has 2 atom stereocenters. The number of aryl methyl sites for hydroxylation is 2. The van der Waals surface area contributed by atoms with Gasteiger partial charge >= 0.3 is 0 Å². The molecule has 0 aliphatic carbocycles. The summed E-state index contributed by atoms with van der Waals surface area (Å²) in [5, 5.41) is 0. The minimum atomic E-state index is 0.338. The number of benzene rings is 2. The van der Waals surface area contributed by atoms with E-state index in [2.05, 4.69) is 13.8 Å². The van der Waals surface area contributed by atoms with Gasteiger partial charge in [-0.2, -0.15) is 0 Å². The first-order valence-corrected chi connectivity index (χ1v) is 9.74. The molecule has 0 bridgehead atoms. The molecule has 2 aromatic rings. The van der Waals surface area contributed by atoms with Gasteiger partial charge in [-0.15, -0.1) is 0 Å². The van der Waals surface area contributed by atoms with Gasteiger partial charge in [0, 0.05) is 0 Å². The average Bonchev–Trinajstić information content (AvgIpc) is 3.56. The molecule has 2 aliphatic rings. The largest absolute Gasteiger partial charge is 0.491 e. The van der Waals surface area contributed by atoms with Crippen molar-refractivity contribution in [2.75, 3.05) is 26.4 Å². The lowest BCUT2D eigenvalue weighted by atomic mass is 10.2. The Bertz CT molecular complexity index is 605. The molecular weight excluding hydrogens is 340 g/mol. The second-order valence-corrected chi connectivity index (χ2v) is 6.77. The van der Waals surface area contributed by atoms with Gasteiger partial charge in [-0.25, -0.2) is 0 Å². The molecular formula is C23H32O4. The van der Waals surface area contributed by atoms with E-state index in [1.807, 2.05) is 62.4 Å². The van der Waals surface area contributed by atoms with Gasteiger partial charge in [0.1, 0.15) is 36.9 Å². The maximum absolute atomic E-state index is 5.54. The van der Waals surface area contributed by atoms with Crippen LogP contribution in [0.25, 0.3) is 0 Å². The summed E-state index contributed by atoms with van der Waals surface area (Å²) in [7, 11) is 0. The van der Waals surface area contributed by atoms with Gasteiger partial charge in [0.05, 0.1) is 13.2 Å². The van der Waals surface area contributed by atoms with Crippen molar-refractivity contribution in [1.29, 1.82) is 0 Å². The van der Waals surface area contributed by atoms with Gasteiger partial charge in [0.25, 0.3) is 0 Å². The van der Waals surface area contributed by atoms with Crippen LogP contribution in [0, 0.1) is 13.8 Å². The quantitative estimate of drug-likeness (QED) is 0.672. The van der Waals surface area contributed by atoms with E-state index in [1.54, 1.807) is 0 Å². The highest BCUT2D eigenvalue weighted by Crippen LogP contribution is 2.19. The third-order valence-electron chi connectivity index (χ3n) is 3.84. The van der Waals surface area contributed by atoms with E-state index in [9.17, 15) is 0 Å². The number of hydrogen-bond acceptors (Lipinski definition) is 4. The van der Waals surface area contributed by atoms with Crippen LogP contribution in [0.1, 0.15) is 31.4 Å². The molecule has 0 spiro atoms. The van der Waals surface area contributed by atoms with Crippen molar-refractivity contribution in [2.45, 2.75) is 46.3 Å². The minimum absolute atomic E-state index is 0.338. The van der Waals surface area contributed by atoms with Crippen LogP contribution in [0.2, 0.25) is 0 Å². The third-order valence-corrected chi connectivity index (χ3v) is 3.84. The molecule has 148 valence electrons. The van der Waals surface area contributed by atoms with Gasteiger partial charge in [-0.1, -0.05) is 56.7 Å². The lowest BCUT2D eigenvalue weighted by molar-refractivity contribution is 0.262. The van der Waals surface area contributed by atoms with Gasteiger partial charge in [-0.05, 0) is 37.1 Å². The molecule has 2 fully saturated rings. The second kappa shape index (κ2) is 11.6. The van der Waals surface area contributed by atoms with Crippen LogP contribution in [0.3, 0.4) is 0 Å². The predicted octanol–water partition coefficient (Wildman–Crippen LogP) is 4.96. The van der Waals surface area contributed by atoms with E-state index in [-0.39, 0.29) is 0 Å². The summed E-state index contributed by atoms with van der Waals surface area (Å²) in [6.07, 6.45) is 1.93. The van der Waals surface area contributed by atoms with Crippen LogP contribution in [0.4, 0.5) is 0 Å². The zero-order chi connectivity index (χ0) is 19.5. The van der Waals surface area contributed by atoms with Crippen molar-refractivity contribution >= 4 is 0 Å². The third kappa shape index (κ3) is 8.94. The van der Waals surface area contributed by atoms with Crippen LogP contribution in [0.15, 0.2) is 48.5 Å². The summed E-state index contributed by atoms with van der Waals surface area (Å²) in [6.45, 7) is 11.4. The summed E-state index contributed by atoms with van der Waals surface area (Å²) >= 11 is 0. The molecule has 2 aliphatic heterocycles. The van der Waals surface area contributed by atoms with E-state index in [0.717, 1.165) is 24.7 Å². The average molecular weight is 373 g/mol. The molecule has 27 heavy (non-hydrogen) atoms. The smallest absolute Gasteiger partial charge is 0.122 e. The highest BCUT2D eigenvalue weighted by Gasteiger charge is 2.23. The first-order valence-electron chi connectivity index (χ1n) is 9.74. The zero-order valence-corrected chi connectivity index (χ0v) is 16.9. The molecule has 4 rings (SSSR count). The monoisotopic (exact) mass is 372 g/mol. The molecule has 4 nitrogen and oxygen atoms in total. The number of epoxide rings is 2. The van der Waals surface area contributed by atoms with Gasteiger partial charge in [0.2, 0.25) is 0 Å². The number of rotatable bonds is 6. The van der Waals surface area contributed by atoms with Gasteiger partial charge in [0.15, 0.2) is 0 Å². The van der Waals surface area contributed by atoms with E-state index in [4.69, 9.17) is 18.9 Å². The summed E-state index contributed by atoms with van der Waals surface area (Å²) in [4.78, 5) is 0. The SMILES string of the molecule is CCC.Cc1ccccc1OCC1CO1.Cc1ccccc1OCC1CO1. The Morgan fingerprint density at radius 1 is 0.741 bits per heavy atom. The maximum atomic E-state index is 5.54. The fourth-order valence-corrected chi connectivity index (χ4v) is 2.13. The second-order valence-electron chi connectivity index (χ2n) is 6.77. The number of para-hydroxylation sites is 2.